The lowest BCUT2D eigenvalue weighted by atomic mass is 9.99. The van der Waals surface area contributed by atoms with Gasteiger partial charge in [-0.1, -0.05) is 48.5 Å². The molecule has 0 unspecified atom stereocenters. The second-order valence-electron chi connectivity index (χ2n) is 7.81. The van der Waals surface area contributed by atoms with Gasteiger partial charge in [-0.2, -0.15) is 0 Å². The molecule has 1 fully saturated rings. The molecule has 1 aromatic heterocycles. The number of aromatic nitrogens is 1. The monoisotopic (exact) mass is 383 g/mol. The molecule has 3 aromatic rings. The van der Waals surface area contributed by atoms with Gasteiger partial charge in [-0.15, -0.1) is 0 Å². The summed E-state index contributed by atoms with van der Waals surface area (Å²) in [5.41, 5.74) is 6.30. The van der Waals surface area contributed by atoms with E-state index in [1.54, 1.807) is 0 Å². The zero-order chi connectivity index (χ0) is 19.6. The topological polar surface area (TPSA) is 45.2 Å². The molecule has 4 heteroatoms. The van der Waals surface area contributed by atoms with Crippen LogP contribution in [-0.2, 0) is 6.42 Å². The third-order valence-electron chi connectivity index (χ3n) is 5.92. The van der Waals surface area contributed by atoms with E-state index >= 15 is 0 Å². The zero-order valence-corrected chi connectivity index (χ0v) is 16.5. The summed E-state index contributed by atoms with van der Waals surface area (Å²) in [7, 11) is 0. The highest BCUT2D eigenvalue weighted by Gasteiger charge is 2.29. The first-order valence-corrected chi connectivity index (χ1v) is 10.5. The fourth-order valence-corrected chi connectivity index (χ4v) is 4.48. The Morgan fingerprint density at radius 3 is 2.69 bits per heavy atom. The normalized spacial score (nSPS) is 18.1. The van der Waals surface area contributed by atoms with Crippen LogP contribution in [-0.4, -0.2) is 42.0 Å². The van der Waals surface area contributed by atoms with Gasteiger partial charge in [0, 0.05) is 25.0 Å². The molecular weight excluding hydrogens is 358 g/mol. The fourth-order valence-electron chi connectivity index (χ4n) is 4.48. The molecule has 1 saturated heterocycles. The van der Waals surface area contributed by atoms with Crippen molar-refractivity contribution >= 4 is 28.5 Å². The third kappa shape index (κ3) is 3.45. The van der Waals surface area contributed by atoms with Crippen molar-refractivity contribution in [1.82, 2.24) is 15.2 Å². The second-order valence-corrected chi connectivity index (χ2v) is 7.81. The Labute approximate surface area is 171 Å². The molecule has 2 aliphatic rings. The molecule has 1 aliphatic heterocycles. The van der Waals surface area contributed by atoms with Crippen LogP contribution in [0.4, 0.5) is 0 Å². The first-order valence-electron chi connectivity index (χ1n) is 10.5. The molecule has 0 atom stereocenters. The number of nitrogens with one attached hydrogen (secondary N) is 1. The van der Waals surface area contributed by atoms with E-state index in [0.29, 0.717) is 0 Å². The van der Waals surface area contributed by atoms with Crippen molar-refractivity contribution < 1.29 is 4.79 Å². The van der Waals surface area contributed by atoms with E-state index in [1.165, 1.54) is 11.1 Å². The molecule has 0 spiro atoms. The number of amides is 1. The van der Waals surface area contributed by atoms with Crippen LogP contribution in [0, 0.1) is 0 Å². The summed E-state index contributed by atoms with van der Waals surface area (Å²) in [6, 6.07) is 18.4. The molecule has 1 N–H and O–H groups in total. The zero-order valence-electron chi connectivity index (χ0n) is 16.5. The summed E-state index contributed by atoms with van der Waals surface area (Å²) in [6.45, 7) is 3.40. The number of hydrogen-bond acceptors (Lipinski definition) is 3. The van der Waals surface area contributed by atoms with E-state index in [2.05, 4.69) is 35.7 Å². The predicted molar refractivity (Wildman–Crippen MR) is 118 cm³/mol. The number of hydrogen-bond donors (Lipinski definition) is 1. The van der Waals surface area contributed by atoms with Gasteiger partial charge in [0.05, 0.1) is 16.8 Å². The lowest BCUT2D eigenvalue weighted by Crippen LogP contribution is -2.35. The molecule has 4 nitrogen and oxygen atoms in total. The highest BCUT2D eigenvalue weighted by atomic mass is 16.2. The molecule has 2 heterocycles. The average Bonchev–Trinajstić information content (AvgIpc) is 2.97. The van der Waals surface area contributed by atoms with E-state index in [-0.39, 0.29) is 5.91 Å². The van der Waals surface area contributed by atoms with Gasteiger partial charge >= 0.3 is 0 Å². The quantitative estimate of drug-likeness (QED) is 0.723. The van der Waals surface area contributed by atoms with E-state index in [9.17, 15) is 4.79 Å². The van der Waals surface area contributed by atoms with Gasteiger partial charge in [-0.25, -0.2) is 4.98 Å². The molecule has 2 aromatic carbocycles. The third-order valence-corrected chi connectivity index (χ3v) is 5.92. The Kier molecular flexibility index (Phi) is 4.86. The van der Waals surface area contributed by atoms with Crippen LogP contribution >= 0.6 is 0 Å². The number of para-hydroxylation sites is 1. The summed E-state index contributed by atoms with van der Waals surface area (Å²) in [5.74, 6) is 0.157. The van der Waals surface area contributed by atoms with Gasteiger partial charge in [-0.05, 0) is 54.6 Å². The first-order chi connectivity index (χ1) is 14.3. The summed E-state index contributed by atoms with van der Waals surface area (Å²) < 4.78 is 0. The van der Waals surface area contributed by atoms with Crippen LogP contribution in [0.2, 0.25) is 0 Å². The summed E-state index contributed by atoms with van der Waals surface area (Å²) in [6.07, 6.45) is 5.02. The van der Waals surface area contributed by atoms with Gasteiger partial charge in [-0.3, -0.25) is 4.79 Å². The van der Waals surface area contributed by atoms with Crippen LogP contribution in [0.1, 0.15) is 40.0 Å². The van der Waals surface area contributed by atoms with Gasteiger partial charge in [0.2, 0.25) is 0 Å². The van der Waals surface area contributed by atoms with E-state index in [4.69, 9.17) is 4.98 Å². The Hall–Kier alpha value is -2.98. The predicted octanol–water partition coefficient (Wildman–Crippen LogP) is 4.16. The minimum Gasteiger partial charge on any atom is -0.337 e. The second kappa shape index (κ2) is 7.80. The number of allylic oxidation sites excluding steroid dienone is 1. The molecule has 0 bridgehead atoms. The van der Waals surface area contributed by atoms with Crippen LogP contribution in [0.15, 0.2) is 54.6 Å². The summed E-state index contributed by atoms with van der Waals surface area (Å²) >= 11 is 0. The molecule has 0 radical (unpaired) electrons. The maximum atomic E-state index is 13.6. The molecule has 5 rings (SSSR count). The number of benzene rings is 2. The molecule has 146 valence electrons. The van der Waals surface area contributed by atoms with Crippen LogP contribution in [0.5, 0.6) is 0 Å². The van der Waals surface area contributed by atoms with Gasteiger partial charge < -0.3 is 10.2 Å². The molecule has 1 amide bonds. The van der Waals surface area contributed by atoms with Crippen molar-refractivity contribution in [2.75, 3.05) is 26.2 Å². The van der Waals surface area contributed by atoms with E-state index < -0.39 is 0 Å². The Balaban J connectivity index is 1.64. The minimum absolute atomic E-state index is 0.157. The largest absolute Gasteiger partial charge is 0.337 e. The molecular formula is C25H25N3O. The number of nitrogens with zero attached hydrogens (tertiary/aromatic N) is 2. The minimum atomic E-state index is 0.157. The van der Waals surface area contributed by atoms with Crippen molar-refractivity contribution in [2.45, 2.75) is 19.3 Å². The van der Waals surface area contributed by atoms with Gasteiger partial charge in [0.15, 0.2) is 0 Å². The summed E-state index contributed by atoms with van der Waals surface area (Å²) in [4.78, 5) is 20.6. The number of carbonyl (C=O) groups excluding carboxylic acids is 1. The highest BCUT2D eigenvalue weighted by molar-refractivity contribution is 6.09. The van der Waals surface area contributed by atoms with Crippen molar-refractivity contribution in [2.24, 2.45) is 0 Å². The van der Waals surface area contributed by atoms with Crippen LogP contribution in [0.25, 0.3) is 22.6 Å². The van der Waals surface area contributed by atoms with Crippen LogP contribution in [0.3, 0.4) is 0 Å². The van der Waals surface area contributed by atoms with Crippen molar-refractivity contribution in [1.29, 1.82) is 0 Å². The van der Waals surface area contributed by atoms with Crippen molar-refractivity contribution in [3.63, 3.8) is 0 Å². The SMILES string of the molecule is O=C(c1c2c(nc3ccccc13)/C(=C\c1ccccc1)CC2)N1CCCNCC1. The first kappa shape index (κ1) is 18.1. The smallest absolute Gasteiger partial charge is 0.254 e. The Morgan fingerprint density at radius 2 is 1.79 bits per heavy atom. The standard InChI is InChI=1S/C25H25N3O/c29-25(28-15-6-13-26-14-16-28)23-20-9-4-5-10-22(20)27-24-19(11-12-21(23)24)17-18-7-2-1-3-8-18/h1-5,7-10,17,26H,6,11-16H2/b19-17-. The summed E-state index contributed by atoms with van der Waals surface area (Å²) in [5, 5.41) is 4.37. The molecule has 0 saturated carbocycles. The maximum absolute atomic E-state index is 13.6. The van der Waals surface area contributed by atoms with Gasteiger partial charge in [0.1, 0.15) is 0 Å². The lowest BCUT2D eigenvalue weighted by Gasteiger charge is -2.22. The lowest BCUT2D eigenvalue weighted by molar-refractivity contribution is 0.0767. The van der Waals surface area contributed by atoms with E-state index in [1.807, 2.05) is 35.2 Å². The van der Waals surface area contributed by atoms with E-state index in [0.717, 1.165) is 73.2 Å². The average molecular weight is 383 g/mol. The molecule has 1 aliphatic carbocycles. The molecule has 29 heavy (non-hydrogen) atoms. The Bertz CT molecular complexity index is 1080. The fraction of sp³-hybridized carbons (Fsp3) is 0.280. The number of carbonyl (C=O) groups is 1. The van der Waals surface area contributed by atoms with Crippen molar-refractivity contribution in [3.8, 4) is 0 Å². The van der Waals surface area contributed by atoms with Crippen molar-refractivity contribution in [3.05, 3.63) is 77.0 Å². The maximum Gasteiger partial charge on any atom is 0.254 e. The number of rotatable bonds is 2. The Morgan fingerprint density at radius 1 is 0.966 bits per heavy atom. The van der Waals surface area contributed by atoms with Crippen LogP contribution < -0.4 is 5.32 Å². The number of pyridine rings is 1. The van der Waals surface area contributed by atoms with Gasteiger partial charge in [0.25, 0.3) is 5.91 Å². The number of fused-ring (bicyclic) bond motifs is 2. The highest BCUT2D eigenvalue weighted by Crippen LogP contribution is 2.38.